The number of benzene rings is 1. The van der Waals surface area contributed by atoms with Crippen molar-refractivity contribution < 1.29 is 0 Å². The molecule has 1 saturated heterocycles. The summed E-state index contributed by atoms with van der Waals surface area (Å²) in [6.07, 6.45) is 1.84. The Morgan fingerprint density at radius 2 is 1.74 bits per heavy atom. The Kier molecular flexibility index (Phi) is 4.48. The van der Waals surface area contributed by atoms with E-state index in [4.69, 9.17) is 12.2 Å². The molecule has 1 aromatic carbocycles. The van der Waals surface area contributed by atoms with Gasteiger partial charge < -0.3 is 15.2 Å². The standard InChI is InChI=1S/C22H24N4S/c1-13-9-14(2)11-17(10-13)26-21(18-12-15(3)24-16(18)4)20(25-22(26)27)19-7-5-6-8-23-19/h5-12,20-21,24H,1-4H3,(H,25,27)/t20-,21+/m1/s1. The topological polar surface area (TPSA) is 44.0 Å². The van der Waals surface area contributed by atoms with Gasteiger partial charge in [0.2, 0.25) is 0 Å². The molecule has 138 valence electrons. The minimum Gasteiger partial charge on any atom is -0.362 e. The second kappa shape index (κ2) is 6.82. The molecule has 4 nitrogen and oxygen atoms in total. The number of thiocarbonyl (C=S) groups is 1. The molecule has 1 aliphatic rings. The van der Waals surface area contributed by atoms with E-state index >= 15 is 0 Å². The lowest BCUT2D eigenvalue weighted by molar-refractivity contribution is 0.566. The molecule has 2 N–H and O–H groups in total. The van der Waals surface area contributed by atoms with Crippen molar-refractivity contribution in [3.63, 3.8) is 0 Å². The van der Waals surface area contributed by atoms with Crippen LogP contribution in [0.25, 0.3) is 0 Å². The highest BCUT2D eigenvalue weighted by molar-refractivity contribution is 7.80. The third kappa shape index (κ3) is 3.23. The average molecular weight is 377 g/mol. The van der Waals surface area contributed by atoms with Crippen LogP contribution >= 0.6 is 12.2 Å². The van der Waals surface area contributed by atoms with E-state index in [2.05, 4.69) is 78.2 Å². The number of hydrogen-bond donors (Lipinski definition) is 2. The highest BCUT2D eigenvalue weighted by Crippen LogP contribution is 2.43. The van der Waals surface area contributed by atoms with Crippen molar-refractivity contribution in [1.82, 2.24) is 15.3 Å². The molecule has 0 amide bonds. The van der Waals surface area contributed by atoms with Crippen LogP contribution in [0.1, 0.15) is 45.9 Å². The van der Waals surface area contributed by atoms with Crippen molar-refractivity contribution in [3.05, 3.63) is 82.4 Å². The van der Waals surface area contributed by atoms with E-state index in [9.17, 15) is 0 Å². The van der Waals surface area contributed by atoms with Gasteiger partial charge in [-0.05, 0) is 86.9 Å². The van der Waals surface area contributed by atoms with Gasteiger partial charge in [0.05, 0.1) is 17.8 Å². The first-order chi connectivity index (χ1) is 12.9. The molecule has 4 rings (SSSR count). The van der Waals surface area contributed by atoms with Gasteiger partial charge in [0, 0.05) is 23.3 Å². The fourth-order valence-electron chi connectivity index (χ4n) is 4.09. The normalized spacial score (nSPS) is 19.4. The summed E-state index contributed by atoms with van der Waals surface area (Å²) < 4.78 is 0. The number of nitrogens with one attached hydrogen (secondary N) is 2. The Bertz CT molecular complexity index is 973. The van der Waals surface area contributed by atoms with Crippen LogP contribution in [0, 0.1) is 27.7 Å². The van der Waals surface area contributed by atoms with Crippen LogP contribution in [0.4, 0.5) is 5.69 Å². The van der Waals surface area contributed by atoms with Crippen molar-refractivity contribution >= 4 is 23.0 Å². The van der Waals surface area contributed by atoms with Crippen LogP contribution in [-0.4, -0.2) is 15.1 Å². The number of aromatic nitrogens is 2. The fourth-order valence-corrected chi connectivity index (χ4v) is 4.44. The average Bonchev–Trinajstić information content (AvgIpc) is 3.13. The molecule has 1 fully saturated rings. The fraction of sp³-hybridized carbons (Fsp3) is 0.273. The first-order valence-electron chi connectivity index (χ1n) is 9.19. The van der Waals surface area contributed by atoms with Gasteiger partial charge in [-0.15, -0.1) is 0 Å². The molecule has 1 aliphatic heterocycles. The molecule has 3 aromatic rings. The first kappa shape index (κ1) is 17.7. The number of pyridine rings is 1. The second-order valence-corrected chi connectivity index (χ2v) is 7.76. The number of anilines is 1. The van der Waals surface area contributed by atoms with E-state index in [0.717, 1.165) is 22.2 Å². The molecule has 2 aromatic heterocycles. The molecule has 0 saturated carbocycles. The molecule has 0 bridgehead atoms. The van der Waals surface area contributed by atoms with Crippen LogP contribution < -0.4 is 10.2 Å². The Morgan fingerprint density at radius 1 is 1.00 bits per heavy atom. The summed E-state index contributed by atoms with van der Waals surface area (Å²) >= 11 is 5.79. The number of H-pyrrole nitrogens is 1. The molecule has 0 spiro atoms. The zero-order valence-electron chi connectivity index (χ0n) is 16.1. The van der Waals surface area contributed by atoms with Crippen LogP contribution in [-0.2, 0) is 0 Å². The van der Waals surface area contributed by atoms with Crippen molar-refractivity contribution in [2.24, 2.45) is 0 Å². The minimum atomic E-state index is -0.00609. The lowest BCUT2D eigenvalue weighted by atomic mass is 9.96. The van der Waals surface area contributed by atoms with Gasteiger partial charge >= 0.3 is 0 Å². The zero-order valence-corrected chi connectivity index (χ0v) is 16.9. The summed E-state index contributed by atoms with van der Waals surface area (Å²) in [5.41, 5.74) is 8.14. The Balaban J connectivity index is 1.88. The molecular formula is C22H24N4S. The summed E-state index contributed by atoms with van der Waals surface area (Å²) in [4.78, 5) is 10.3. The number of nitrogens with zero attached hydrogens (tertiary/aromatic N) is 2. The SMILES string of the molecule is Cc1cc(C)cc(N2C(=S)N[C@H](c3ccccn3)[C@@H]2c2cc(C)[nH]c2C)c1. The van der Waals surface area contributed by atoms with E-state index in [1.165, 1.54) is 22.4 Å². The Labute approximate surface area is 165 Å². The Hall–Kier alpha value is -2.66. The highest BCUT2D eigenvalue weighted by atomic mass is 32.1. The Morgan fingerprint density at radius 3 is 2.33 bits per heavy atom. The van der Waals surface area contributed by atoms with Crippen molar-refractivity contribution in [3.8, 4) is 0 Å². The van der Waals surface area contributed by atoms with Crippen LogP contribution in [0.3, 0.4) is 0 Å². The third-order valence-electron chi connectivity index (χ3n) is 5.09. The maximum absolute atomic E-state index is 5.79. The van der Waals surface area contributed by atoms with Gasteiger partial charge in [0.15, 0.2) is 5.11 Å². The molecule has 3 heterocycles. The molecular weight excluding hydrogens is 352 g/mol. The third-order valence-corrected chi connectivity index (χ3v) is 5.41. The molecule has 0 unspecified atom stereocenters. The quantitative estimate of drug-likeness (QED) is 0.643. The van der Waals surface area contributed by atoms with E-state index in [1.807, 2.05) is 18.3 Å². The van der Waals surface area contributed by atoms with Gasteiger partial charge in [-0.25, -0.2) is 0 Å². The maximum atomic E-state index is 5.79. The van der Waals surface area contributed by atoms with Crippen molar-refractivity contribution in [2.45, 2.75) is 39.8 Å². The monoisotopic (exact) mass is 376 g/mol. The van der Waals surface area contributed by atoms with Crippen molar-refractivity contribution in [2.75, 3.05) is 4.90 Å². The lowest BCUT2D eigenvalue weighted by Crippen LogP contribution is -2.29. The smallest absolute Gasteiger partial charge is 0.174 e. The summed E-state index contributed by atoms with van der Waals surface area (Å²) in [6.45, 7) is 8.47. The van der Waals surface area contributed by atoms with Crippen molar-refractivity contribution in [1.29, 1.82) is 0 Å². The van der Waals surface area contributed by atoms with Crippen LogP contribution in [0.2, 0.25) is 0 Å². The summed E-state index contributed by atoms with van der Waals surface area (Å²) in [6, 6.07) is 14.9. The number of hydrogen-bond acceptors (Lipinski definition) is 2. The van der Waals surface area contributed by atoms with Crippen LogP contribution in [0.5, 0.6) is 0 Å². The number of rotatable bonds is 3. The van der Waals surface area contributed by atoms with E-state index < -0.39 is 0 Å². The molecule has 27 heavy (non-hydrogen) atoms. The molecule has 2 atom stereocenters. The largest absolute Gasteiger partial charge is 0.362 e. The second-order valence-electron chi connectivity index (χ2n) is 7.38. The predicted octanol–water partition coefficient (Wildman–Crippen LogP) is 4.82. The molecule has 0 radical (unpaired) electrons. The van der Waals surface area contributed by atoms with E-state index in [-0.39, 0.29) is 12.1 Å². The van der Waals surface area contributed by atoms with Gasteiger partial charge in [0.1, 0.15) is 0 Å². The summed E-state index contributed by atoms with van der Waals surface area (Å²) in [7, 11) is 0. The van der Waals surface area contributed by atoms with E-state index in [1.54, 1.807) is 0 Å². The van der Waals surface area contributed by atoms with E-state index in [0.29, 0.717) is 0 Å². The minimum absolute atomic E-state index is 0.00609. The highest BCUT2D eigenvalue weighted by Gasteiger charge is 2.41. The first-order valence-corrected chi connectivity index (χ1v) is 9.60. The molecule has 0 aliphatic carbocycles. The van der Waals surface area contributed by atoms with Gasteiger partial charge in [-0.3, -0.25) is 4.98 Å². The predicted molar refractivity (Wildman–Crippen MR) is 114 cm³/mol. The van der Waals surface area contributed by atoms with Gasteiger partial charge in [-0.1, -0.05) is 12.1 Å². The van der Waals surface area contributed by atoms with Gasteiger partial charge in [0.25, 0.3) is 0 Å². The lowest BCUT2D eigenvalue weighted by Gasteiger charge is -2.28. The molecule has 5 heteroatoms. The summed E-state index contributed by atoms with van der Waals surface area (Å²) in [5, 5.41) is 4.26. The van der Waals surface area contributed by atoms with Crippen LogP contribution in [0.15, 0.2) is 48.7 Å². The summed E-state index contributed by atoms with van der Waals surface area (Å²) in [5.74, 6) is 0. The van der Waals surface area contributed by atoms with Gasteiger partial charge in [-0.2, -0.15) is 0 Å². The zero-order chi connectivity index (χ0) is 19.1. The number of aromatic amines is 1. The number of aryl methyl sites for hydroxylation is 4. The maximum Gasteiger partial charge on any atom is 0.174 e.